The lowest BCUT2D eigenvalue weighted by Crippen LogP contribution is -2.43. The number of hydrogen-bond acceptors (Lipinski definition) is 2. The summed E-state index contributed by atoms with van der Waals surface area (Å²) in [5.41, 5.74) is 2.52. The second-order valence-corrected chi connectivity index (χ2v) is 5.81. The number of nitrogens with one attached hydrogen (secondary N) is 1. The number of nitrogens with zero attached hydrogens (tertiary/aromatic N) is 1. The van der Waals surface area contributed by atoms with Crippen LogP contribution in [0.25, 0.3) is 0 Å². The van der Waals surface area contributed by atoms with E-state index in [2.05, 4.69) is 17.1 Å². The highest BCUT2D eigenvalue weighted by atomic mass is 19.1. The molecule has 2 nitrogen and oxygen atoms in total. The number of hydrogen-bond donors (Lipinski definition) is 1. The molecule has 1 atom stereocenters. The summed E-state index contributed by atoms with van der Waals surface area (Å²) in [6.45, 7) is 5.81. The van der Waals surface area contributed by atoms with E-state index in [0.717, 1.165) is 19.4 Å². The lowest BCUT2D eigenvalue weighted by molar-refractivity contribution is 0.198. The van der Waals surface area contributed by atoms with Gasteiger partial charge in [-0.1, -0.05) is 13.0 Å². The fourth-order valence-electron chi connectivity index (χ4n) is 3.46. The fraction of sp³-hybridized carbons (Fsp3) is 0.625. The summed E-state index contributed by atoms with van der Waals surface area (Å²) in [7, 11) is 0. The van der Waals surface area contributed by atoms with Gasteiger partial charge in [0.1, 0.15) is 5.82 Å². The largest absolute Gasteiger partial charge is 0.307 e. The van der Waals surface area contributed by atoms with Gasteiger partial charge in [-0.25, -0.2) is 4.39 Å². The van der Waals surface area contributed by atoms with Crippen LogP contribution in [-0.4, -0.2) is 30.6 Å². The number of piperidine rings is 1. The number of fused-ring (bicyclic) bond motifs is 1. The Bertz CT molecular complexity index is 438. The Kier molecular flexibility index (Phi) is 3.85. The number of likely N-dealkylation sites (tertiary alicyclic amines) is 1. The van der Waals surface area contributed by atoms with Crippen molar-refractivity contribution in [1.29, 1.82) is 0 Å². The maximum Gasteiger partial charge on any atom is 0.123 e. The number of benzene rings is 1. The second kappa shape index (κ2) is 5.59. The highest BCUT2D eigenvalue weighted by Crippen LogP contribution is 2.32. The van der Waals surface area contributed by atoms with Crippen molar-refractivity contribution in [3.05, 3.63) is 35.1 Å². The smallest absolute Gasteiger partial charge is 0.123 e. The van der Waals surface area contributed by atoms with Crippen molar-refractivity contribution in [2.45, 2.75) is 44.7 Å². The Morgan fingerprint density at radius 2 is 2.05 bits per heavy atom. The molecule has 1 fully saturated rings. The first kappa shape index (κ1) is 13.1. The zero-order chi connectivity index (χ0) is 13.2. The Balaban J connectivity index is 1.61. The lowest BCUT2D eigenvalue weighted by atomic mass is 10.0. The summed E-state index contributed by atoms with van der Waals surface area (Å²) in [6, 6.07) is 6.34. The van der Waals surface area contributed by atoms with Crippen molar-refractivity contribution < 1.29 is 4.39 Å². The average Bonchev–Trinajstić information content (AvgIpc) is 2.82. The molecule has 1 saturated heterocycles. The third kappa shape index (κ3) is 2.82. The van der Waals surface area contributed by atoms with E-state index in [-0.39, 0.29) is 5.82 Å². The Morgan fingerprint density at radius 3 is 2.79 bits per heavy atom. The average molecular weight is 262 g/mol. The molecule has 0 amide bonds. The molecule has 1 N–H and O–H groups in total. The van der Waals surface area contributed by atoms with E-state index in [1.807, 2.05) is 6.07 Å². The molecule has 1 aliphatic carbocycles. The predicted octanol–water partition coefficient (Wildman–Crippen LogP) is 2.89. The standard InChI is InChI=1S/C16H23FN2/c1-2-19-9-7-14(8-10-19)18-16-6-3-12-11-13(17)4-5-15(12)16/h4-5,11,14,16,18H,2-3,6-10H2,1H3. The highest BCUT2D eigenvalue weighted by molar-refractivity contribution is 5.35. The Hall–Kier alpha value is -0.930. The minimum atomic E-state index is -0.101. The molecule has 3 heteroatoms. The molecule has 1 heterocycles. The summed E-state index contributed by atoms with van der Waals surface area (Å²) in [5.74, 6) is -0.101. The van der Waals surface area contributed by atoms with E-state index < -0.39 is 0 Å². The summed E-state index contributed by atoms with van der Waals surface area (Å²) in [5, 5.41) is 3.79. The number of rotatable bonds is 3. The normalized spacial score (nSPS) is 24.6. The molecule has 1 aliphatic heterocycles. The van der Waals surface area contributed by atoms with Gasteiger partial charge in [-0.05, 0) is 68.6 Å². The molecule has 0 spiro atoms. The van der Waals surface area contributed by atoms with Gasteiger partial charge in [0, 0.05) is 12.1 Å². The molecule has 2 aliphatic rings. The van der Waals surface area contributed by atoms with Crippen LogP contribution < -0.4 is 5.32 Å². The monoisotopic (exact) mass is 262 g/mol. The van der Waals surface area contributed by atoms with Gasteiger partial charge in [-0.2, -0.15) is 0 Å². The van der Waals surface area contributed by atoms with Crippen molar-refractivity contribution in [3.63, 3.8) is 0 Å². The van der Waals surface area contributed by atoms with E-state index in [0.29, 0.717) is 12.1 Å². The first-order valence-corrected chi connectivity index (χ1v) is 7.53. The van der Waals surface area contributed by atoms with Crippen LogP contribution in [0.4, 0.5) is 4.39 Å². The third-order valence-electron chi connectivity index (χ3n) is 4.65. The van der Waals surface area contributed by atoms with Crippen LogP contribution in [0, 0.1) is 5.82 Å². The first-order valence-electron chi connectivity index (χ1n) is 7.53. The van der Waals surface area contributed by atoms with Crippen LogP contribution in [-0.2, 0) is 6.42 Å². The van der Waals surface area contributed by atoms with Crippen LogP contribution in [0.1, 0.15) is 43.4 Å². The molecule has 1 unspecified atom stereocenters. The third-order valence-corrected chi connectivity index (χ3v) is 4.65. The van der Waals surface area contributed by atoms with Crippen molar-refractivity contribution in [1.82, 2.24) is 10.2 Å². The van der Waals surface area contributed by atoms with Gasteiger partial charge in [-0.15, -0.1) is 0 Å². The lowest BCUT2D eigenvalue weighted by Gasteiger charge is -2.33. The van der Waals surface area contributed by atoms with E-state index in [1.54, 1.807) is 12.1 Å². The summed E-state index contributed by atoms with van der Waals surface area (Å²) in [6.07, 6.45) is 4.60. The SMILES string of the molecule is CCN1CCC(NC2CCc3cc(F)ccc32)CC1. The molecule has 0 bridgehead atoms. The maximum atomic E-state index is 13.2. The molecular weight excluding hydrogens is 239 g/mol. The van der Waals surface area contributed by atoms with Crippen molar-refractivity contribution >= 4 is 0 Å². The van der Waals surface area contributed by atoms with Crippen LogP contribution >= 0.6 is 0 Å². The molecule has 19 heavy (non-hydrogen) atoms. The molecule has 0 saturated carbocycles. The van der Waals surface area contributed by atoms with Crippen LogP contribution in [0.5, 0.6) is 0 Å². The molecule has 0 aromatic heterocycles. The minimum Gasteiger partial charge on any atom is -0.307 e. The summed E-state index contributed by atoms with van der Waals surface area (Å²) < 4.78 is 13.2. The molecular formula is C16H23FN2. The van der Waals surface area contributed by atoms with E-state index in [1.165, 1.54) is 37.1 Å². The molecule has 1 aromatic carbocycles. The van der Waals surface area contributed by atoms with E-state index in [9.17, 15) is 4.39 Å². The van der Waals surface area contributed by atoms with Crippen molar-refractivity contribution in [3.8, 4) is 0 Å². The van der Waals surface area contributed by atoms with Gasteiger partial charge in [0.25, 0.3) is 0 Å². The number of aryl methyl sites for hydroxylation is 1. The minimum absolute atomic E-state index is 0.101. The van der Waals surface area contributed by atoms with Crippen molar-refractivity contribution in [2.75, 3.05) is 19.6 Å². The first-order chi connectivity index (χ1) is 9.26. The second-order valence-electron chi connectivity index (χ2n) is 5.81. The van der Waals surface area contributed by atoms with Gasteiger partial charge < -0.3 is 10.2 Å². The zero-order valence-electron chi connectivity index (χ0n) is 11.7. The Labute approximate surface area is 115 Å². The van der Waals surface area contributed by atoms with Gasteiger partial charge in [0.15, 0.2) is 0 Å². The van der Waals surface area contributed by atoms with Crippen LogP contribution in [0.2, 0.25) is 0 Å². The maximum absolute atomic E-state index is 13.2. The molecule has 1 aromatic rings. The molecule has 3 rings (SSSR count). The van der Waals surface area contributed by atoms with Gasteiger partial charge in [0.2, 0.25) is 0 Å². The quantitative estimate of drug-likeness (QED) is 0.901. The Morgan fingerprint density at radius 1 is 1.26 bits per heavy atom. The molecule has 104 valence electrons. The zero-order valence-corrected chi connectivity index (χ0v) is 11.7. The fourth-order valence-corrected chi connectivity index (χ4v) is 3.46. The van der Waals surface area contributed by atoms with Gasteiger partial charge in [0.05, 0.1) is 0 Å². The van der Waals surface area contributed by atoms with Gasteiger partial charge in [-0.3, -0.25) is 0 Å². The van der Waals surface area contributed by atoms with Crippen LogP contribution in [0.3, 0.4) is 0 Å². The van der Waals surface area contributed by atoms with Crippen LogP contribution in [0.15, 0.2) is 18.2 Å². The topological polar surface area (TPSA) is 15.3 Å². The molecule has 0 radical (unpaired) electrons. The summed E-state index contributed by atoms with van der Waals surface area (Å²) >= 11 is 0. The van der Waals surface area contributed by atoms with E-state index in [4.69, 9.17) is 0 Å². The van der Waals surface area contributed by atoms with Crippen molar-refractivity contribution in [2.24, 2.45) is 0 Å². The number of halogens is 1. The van der Waals surface area contributed by atoms with E-state index >= 15 is 0 Å². The predicted molar refractivity (Wildman–Crippen MR) is 75.7 cm³/mol. The highest BCUT2D eigenvalue weighted by Gasteiger charge is 2.26. The summed E-state index contributed by atoms with van der Waals surface area (Å²) in [4.78, 5) is 2.51. The van der Waals surface area contributed by atoms with Gasteiger partial charge >= 0.3 is 0 Å².